The standard InChI is InChI=1S/C20H19BrN4O2/c21-15-6-7-18-23-16(12-25(18)11-15)10-22-19(26)8-5-14-9-13-3-1-2-4-17(13)24-20(14)27/h1-4,6-7,11-12,14H,5,8-10H2,(H,22,26)(H,24,27). The number of benzene rings is 1. The minimum atomic E-state index is -0.168. The molecule has 1 aromatic carbocycles. The first-order valence-electron chi connectivity index (χ1n) is 8.87. The first kappa shape index (κ1) is 17.7. The van der Waals surface area contributed by atoms with E-state index in [2.05, 4.69) is 31.5 Å². The summed E-state index contributed by atoms with van der Waals surface area (Å²) in [4.78, 5) is 28.9. The summed E-state index contributed by atoms with van der Waals surface area (Å²) in [5.74, 6) is -0.245. The van der Waals surface area contributed by atoms with Gasteiger partial charge in [-0.2, -0.15) is 0 Å². The average Bonchev–Trinajstić information content (AvgIpc) is 3.06. The van der Waals surface area contributed by atoms with E-state index >= 15 is 0 Å². The van der Waals surface area contributed by atoms with Gasteiger partial charge in [-0.15, -0.1) is 0 Å². The van der Waals surface area contributed by atoms with Gasteiger partial charge in [-0.3, -0.25) is 9.59 Å². The maximum Gasteiger partial charge on any atom is 0.227 e. The molecule has 0 spiro atoms. The molecule has 6 nitrogen and oxygen atoms in total. The Balaban J connectivity index is 1.30. The van der Waals surface area contributed by atoms with Crippen LogP contribution in [0, 0.1) is 5.92 Å². The van der Waals surface area contributed by atoms with Gasteiger partial charge in [0.15, 0.2) is 0 Å². The SMILES string of the molecule is O=C(CCC1Cc2ccccc2NC1=O)NCc1cn2cc(Br)ccc2n1. The molecule has 2 N–H and O–H groups in total. The predicted octanol–water partition coefficient (Wildman–Crippen LogP) is 3.30. The van der Waals surface area contributed by atoms with Crippen LogP contribution in [0.15, 0.2) is 53.3 Å². The second kappa shape index (κ2) is 7.52. The van der Waals surface area contributed by atoms with Crippen molar-refractivity contribution in [2.45, 2.75) is 25.8 Å². The second-order valence-corrected chi connectivity index (χ2v) is 7.62. The number of nitrogens with one attached hydrogen (secondary N) is 2. The number of rotatable bonds is 5. The van der Waals surface area contributed by atoms with Crippen LogP contribution in [-0.2, 0) is 22.6 Å². The molecule has 1 aliphatic heterocycles. The molecule has 3 heterocycles. The molecular weight excluding hydrogens is 408 g/mol. The largest absolute Gasteiger partial charge is 0.350 e. The van der Waals surface area contributed by atoms with Crippen molar-refractivity contribution in [2.24, 2.45) is 5.92 Å². The summed E-state index contributed by atoms with van der Waals surface area (Å²) in [5, 5.41) is 5.81. The van der Waals surface area contributed by atoms with E-state index in [1.54, 1.807) is 0 Å². The molecule has 1 unspecified atom stereocenters. The van der Waals surface area contributed by atoms with Gasteiger partial charge in [-0.05, 0) is 52.5 Å². The molecule has 0 bridgehead atoms. The van der Waals surface area contributed by atoms with Crippen LogP contribution in [0.2, 0.25) is 0 Å². The molecule has 27 heavy (non-hydrogen) atoms. The summed E-state index contributed by atoms with van der Waals surface area (Å²) in [7, 11) is 0. The maximum absolute atomic E-state index is 12.2. The fourth-order valence-corrected chi connectivity index (χ4v) is 3.68. The van der Waals surface area contributed by atoms with Gasteiger partial charge in [-0.1, -0.05) is 18.2 Å². The number of carbonyl (C=O) groups excluding carboxylic acids is 2. The Kier molecular flexibility index (Phi) is 4.94. The number of fused-ring (bicyclic) bond motifs is 2. The highest BCUT2D eigenvalue weighted by molar-refractivity contribution is 9.10. The number of pyridine rings is 1. The van der Waals surface area contributed by atoms with E-state index in [0.29, 0.717) is 25.8 Å². The van der Waals surface area contributed by atoms with E-state index < -0.39 is 0 Å². The Morgan fingerprint density at radius 1 is 1.26 bits per heavy atom. The number of hydrogen-bond acceptors (Lipinski definition) is 3. The molecule has 0 saturated heterocycles. The van der Waals surface area contributed by atoms with E-state index in [-0.39, 0.29) is 17.7 Å². The fraction of sp³-hybridized carbons (Fsp3) is 0.250. The fourth-order valence-electron chi connectivity index (χ4n) is 3.33. The van der Waals surface area contributed by atoms with E-state index in [9.17, 15) is 9.59 Å². The Labute approximate surface area is 165 Å². The van der Waals surface area contributed by atoms with Gasteiger partial charge in [0.05, 0.1) is 12.2 Å². The van der Waals surface area contributed by atoms with E-state index in [1.165, 1.54) is 0 Å². The van der Waals surface area contributed by atoms with Crippen molar-refractivity contribution in [1.29, 1.82) is 0 Å². The van der Waals surface area contributed by atoms with Crippen molar-refractivity contribution < 1.29 is 9.59 Å². The summed E-state index contributed by atoms with van der Waals surface area (Å²) in [6.07, 6.45) is 5.35. The van der Waals surface area contributed by atoms with Gasteiger partial charge in [0, 0.05) is 34.9 Å². The van der Waals surface area contributed by atoms with Crippen LogP contribution in [-0.4, -0.2) is 21.2 Å². The highest BCUT2D eigenvalue weighted by atomic mass is 79.9. The summed E-state index contributed by atoms with van der Waals surface area (Å²) < 4.78 is 2.88. The van der Waals surface area contributed by atoms with Crippen LogP contribution in [0.3, 0.4) is 0 Å². The molecule has 0 radical (unpaired) electrons. The Morgan fingerprint density at radius 2 is 2.11 bits per heavy atom. The lowest BCUT2D eigenvalue weighted by Crippen LogP contribution is -2.31. The van der Waals surface area contributed by atoms with Crippen LogP contribution in [0.5, 0.6) is 0 Å². The van der Waals surface area contributed by atoms with Gasteiger partial charge in [0.2, 0.25) is 11.8 Å². The van der Waals surface area contributed by atoms with Gasteiger partial charge in [-0.25, -0.2) is 4.98 Å². The van der Waals surface area contributed by atoms with Gasteiger partial charge in [0.25, 0.3) is 0 Å². The quantitative estimate of drug-likeness (QED) is 0.656. The third kappa shape index (κ3) is 4.03. The van der Waals surface area contributed by atoms with Crippen molar-refractivity contribution in [1.82, 2.24) is 14.7 Å². The van der Waals surface area contributed by atoms with Gasteiger partial charge < -0.3 is 15.0 Å². The summed E-state index contributed by atoms with van der Waals surface area (Å²) in [5.41, 5.74) is 3.63. The molecule has 7 heteroatoms. The average molecular weight is 427 g/mol. The number of carbonyl (C=O) groups is 2. The molecule has 0 aliphatic carbocycles. The molecule has 4 rings (SSSR count). The maximum atomic E-state index is 12.2. The third-order valence-corrected chi connectivity index (χ3v) is 5.23. The summed E-state index contributed by atoms with van der Waals surface area (Å²) in [6, 6.07) is 11.6. The van der Waals surface area contributed by atoms with Crippen molar-refractivity contribution in [2.75, 3.05) is 5.32 Å². The van der Waals surface area contributed by atoms with Crippen molar-refractivity contribution in [3.8, 4) is 0 Å². The van der Waals surface area contributed by atoms with Gasteiger partial charge >= 0.3 is 0 Å². The number of aromatic nitrogens is 2. The van der Waals surface area contributed by atoms with Crippen molar-refractivity contribution >= 4 is 39.1 Å². The van der Waals surface area contributed by atoms with Crippen LogP contribution in [0.1, 0.15) is 24.1 Å². The van der Waals surface area contributed by atoms with Crippen molar-refractivity contribution in [3.05, 3.63) is 64.5 Å². The number of para-hydroxylation sites is 1. The molecule has 3 aromatic rings. The number of nitrogens with zero attached hydrogens (tertiary/aromatic N) is 2. The normalized spacial score (nSPS) is 16.0. The molecule has 0 fully saturated rings. The highest BCUT2D eigenvalue weighted by Gasteiger charge is 2.26. The Bertz CT molecular complexity index is 1010. The minimum Gasteiger partial charge on any atom is -0.350 e. The first-order valence-corrected chi connectivity index (χ1v) is 9.66. The van der Waals surface area contributed by atoms with Gasteiger partial charge in [0.1, 0.15) is 5.65 Å². The number of halogens is 1. The zero-order valence-corrected chi connectivity index (χ0v) is 16.2. The van der Waals surface area contributed by atoms with Crippen LogP contribution >= 0.6 is 15.9 Å². The molecular formula is C20H19BrN4O2. The zero-order valence-electron chi connectivity index (χ0n) is 14.6. The van der Waals surface area contributed by atoms with E-state index in [4.69, 9.17) is 0 Å². The van der Waals surface area contributed by atoms with E-state index in [0.717, 1.165) is 27.1 Å². The monoisotopic (exact) mass is 426 g/mol. The number of hydrogen-bond donors (Lipinski definition) is 2. The zero-order chi connectivity index (χ0) is 18.8. The number of amides is 2. The summed E-state index contributed by atoms with van der Waals surface area (Å²) in [6.45, 7) is 0.373. The topological polar surface area (TPSA) is 75.5 Å². The molecule has 0 saturated carbocycles. The number of imidazole rings is 1. The molecule has 138 valence electrons. The second-order valence-electron chi connectivity index (χ2n) is 6.71. The third-order valence-electron chi connectivity index (χ3n) is 4.76. The molecule has 1 aliphatic rings. The lowest BCUT2D eigenvalue weighted by Gasteiger charge is -2.24. The number of anilines is 1. The van der Waals surface area contributed by atoms with Crippen LogP contribution in [0.25, 0.3) is 5.65 Å². The first-order chi connectivity index (χ1) is 13.1. The van der Waals surface area contributed by atoms with Crippen LogP contribution in [0.4, 0.5) is 5.69 Å². The van der Waals surface area contributed by atoms with Crippen LogP contribution < -0.4 is 10.6 Å². The molecule has 2 amide bonds. The predicted molar refractivity (Wildman–Crippen MR) is 106 cm³/mol. The smallest absolute Gasteiger partial charge is 0.227 e. The lowest BCUT2D eigenvalue weighted by molar-refractivity contribution is -0.123. The van der Waals surface area contributed by atoms with Crippen molar-refractivity contribution in [3.63, 3.8) is 0 Å². The van der Waals surface area contributed by atoms with E-state index in [1.807, 2.05) is 53.2 Å². The Morgan fingerprint density at radius 3 is 3.00 bits per heavy atom. The molecule has 2 aromatic heterocycles. The summed E-state index contributed by atoms with van der Waals surface area (Å²) >= 11 is 3.43. The minimum absolute atomic E-state index is 0.00701. The highest BCUT2D eigenvalue weighted by Crippen LogP contribution is 2.27. The molecule has 1 atom stereocenters. The Hall–Kier alpha value is -2.67. The lowest BCUT2D eigenvalue weighted by atomic mass is 9.89.